The first-order valence-corrected chi connectivity index (χ1v) is 9.79. The number of amides is 2. The highest BCUT2D eigenvalue weighted by atomic mass is 32.2. The summed E-state index contributed by atoms with van der Waals surface area (Å²) in [6.07, 6.45) is 3.38. The summed E-state index contributed by atoms with van der Waals surface area (Å²) in [6, 6.07) is 4.56. The molecule has 132 valence electrons. The van der Waals surface area contributed by atoms with Crippen LogP contribution in [0, 0.1) is 11.7 Å². The second-order valence-corrected chi connectivity index (χ2v) is 7.96. The molecule has 0 unspecified atom stereocenters. The summed E-state index contributed by atoms with van der Waals surface area (Å²) >= 11 is 1.72. The molecular weight excluding hydrogens is 325 g/mol. The Morgan fingerprint density at radius 1 is 1.42 bits per heavy atom. The van der Waals surface area contributed by atoms with E-state index in [4.69, 9.17) is 0 Å². The first-order chi connectivity index (χ1) is 11.6. The molecule has 0 radical (unpaired) electrons. The molecule has 4 nitrogen and oxygen atoms in total. The van der Waals surface area contributed by atoms with E-state index in [1.54, 1.807) is 23.9 Å². The lowest BCUT2D eigenvalue weighted by Gasteiger charge is -2.31. The molecule has 2 heterocycles. The molecule has 24 heavy (non-hydrogen) atoms. The number of halogens is 1. The largest absolute Gasteiger partial charge is 0.337 e. The van der Waals surface area contributed by atoms with Crippen molar-refractivity contribution in [1.82, 2.24) is 15.5 Å². The summed E-state index contributed by atoms with van der Waals surface area (Å²) in [5, 5.41) is 5.95. The van der Waals surface area contributed by atoms with Crippen molar-refractivity contribution < 1.29 is 9.18 Å². The van der Waals surface area contributed by atoms with Crippen LogP contribution in [0.2, 0.25) is 0 Å². The Hall–Kier alpha value is -1.27. The quantitative estimate of drug-likeness (QED) is 0.874. The SMILES string of the molecule is C[C@H]1CCCN(CCNC(=O)N[C@H]2CCSc3ccc(F)cc32)C1. The van der Waals surface area contributed by atoms with Crippen LogP contribution >= 0.6 is 11.8 Å². The van der Waals surface area contributed by atoms with Gasteiger partial charge in [0.25, 0.3) is 0 Å². The molecule has 2 atom stereocenters. The highest BCUT2D eigenvalue weighted by molar-refractivity contribution is 7.99. The van der Waals surface area contributed by atoms with Crippen molar-refractivity contribution in [3.05, 3.63) is 29.6 Å². The fourth-order valence-electron chi connectivity index (χ4n) is 3.54. The molecule has 1 saturated heterocycles. The second-order valence-electron chi connectivity index (χ2n) is 6.82. The summed E-state index contributed by atoms with van der Waals surface area (Å²) in [7, 11) is 0. The van der Waals surface area contributed by atoms with Gasteiger partial charge in [0.05, 0.1) is 6.04 Å². The number of hydrogen-bond acceptors (Lipinski definition) is 3. The van der Waals surface area contributed by atoms with Crippen molar-refractivity contribution in [2.24, 2.45) is 5.92 Å². The number of carbonyl (C=O) groups is 1. The Labute approximate surface area is 147 Å². The van der Waals surface area contributed by atoms with E-state index in [-0.39, 0.29) is 17.9 Å². The van der Waals surface area contributed by atoms with Crippen LogP contribution in [0.15, 0.2) is 23.1 Å². The van der Waals surface area contributed by atoms with Crippen LogP contribution in [0.25, 0.3) is 0 Å². The van der Waals surface area contributed by atoms with Gasteiger partial charge < -0.3 is 15.5 Å². The molecule has 0 spiro atoms. The van der Waals surface area contributed by atoms with Crippen molar-refractivity contribution in [1.29, 1.82) is 0 Å². The van der Waals surface area contributed by atoms with Crippen LogP contribution < -0.4 is 10.6 Å². The highest BCUT2D eigenvalue weighted by Crippen LogP contribution is 2.36. The maximum absolute atomic E-state index is 13.5. The molecule has 1 aromatic carbocycles. The Balaban J connectivity index is 1.46. The van der Waals surface area contributed by atoms with E-state index in [1.165, 1.54) is 18.9 Å². The number of thioether (sulfide) groups is 1. The summed E-state index contributed by atoms with van der Waals surface area (Å²) < 4.78 is 13.5. The van der Waals surface area contributed by atoms with Gasteiger partial charge in [0.1, 0.15) is 5.82 Å². The van der Waals surface area contributed by atoms with E-state index in [2.05, 4.69) is 22.5 Å². The van der Waals surface area contributed by atoms with Crippen molar-refractivity contribution >= 4 is 17.8 Å². The van der Waals surface area contributed by atoms with Crippen LogP contribution in [0.5, 0.6) is 0 Å². The van der Waals surface area contributed by atoms with Crippen LogP contribution in [0.4, 0.5) is 9.18 Å². The number of rotatable bonds is 4. The van der Waals surface area contributed by atoms with Crippen LogP contribution in [-0.2, 0) is 0 Å². The van der Waals surface area contributed by atoms with Crippen molar-refractivity contribution in [3.8, 4) is 0 Å². The normalized spacial score (nSPS) is 24.2. The zero-order chi connectivity index (χ0) is 16.9. The lowest BCUT2D eigenvalue weighted by molar-refractivity contribution is 0.183. The Morgan fingerprint density at radius 2 is 2.29 bits per heavy atom. The average Bonchev–Trinajstić information content (AvgIpc) is 2.55. The Kier molecular flexibility index (Phi) is 6.00. The monoisotopic (exact) mass is 351 g/mol. The van der Waals surface area contributed by atoms with Crippen LogP contribution in [0.3, 0.4) is 0 Å². The van der Waals surface area contributed by atoms with E-state index in [0.29, 0.717) is 6.54 Å². The third-order valence-electron chi connectivity index (χ3n) is 4.77. The average molecular weight is 351 g/mol. The molecule has 0 aliphatic carbocycles. The van der Waals surface area contributed by atoms with E-state index < -0.39 is 0 Å². The van der Waals surface area contributed by atoms with Gasteiger partial charge in [0.2, 0.25) is 0 Å². The van der Waals surface area contributed by atoms with Gasteiger partial charge in [-0.1, -0.05) is 6.92 Å². The number of benzene rings is 1. The number of urea groups is 1. The topological polar surface area (TPSA) is 44.4 Å². The summed E-state index contributed by atoms with van der Waals surface area (Å²) in [4.78, 5) is 15.6. The van der Waals surface area contributed by atoms with E-state index >= 15 is 0 Å². The molecule has 2 amide bonds. The fraction of sp³-hybridized carbons (Fsp3) is 0.611. The van der Waals surface area contributed by atoms with Gasteiger partial charge in [-0.05, 0) is 55.5 Å². The molecule has 0 aromatic heterocycles. The van der Waals surface area contributed by atoms with Crippen molar-refractivity contribution in [2.45, 2.75) is 37.1 Å². The van der Waals surface area contributed by atoms with Crippen molar-refractivity contribution in [2.75, 3.05) is 31.9 Å². The third kappa shape index (κ3) is 4.63. The van der Waals surface area contributed by atoms with Gasteiger partial charge in [-0.15, -0.1) is 11.8 Å². The van der Waals surface area contributed by atoms with Gasteiger partial charge in [0.15, 0.2) is 0 Å². The number of fused-ring (bicyclic) bond motifs is 1. The predicted molar refractivity (Wildman–Crippen MR) is 95.9 cm³/mol. The van der Waals surface area contributed by atoms with E-state index in [1.807, 2.05) is 0 Å². The van der Waals surface area contributed by atoms with E-state index in [9.17, 15) is 9.18 Å². The molecule has 1 fully saturated rings. The molecule has 2 aliphatic rings. The minimum atomic E-state index is -0.248. The number of likely N-dealkylation sites (tertiary alicyclic amines) is 1. The molecule has 6 heteroatoms. The number of carbonyl (C=O) groups excluding carboxylic acids is 1. The Bertz CT molecular complexity index is 583. The smallest absolute Gasteiger partial charge is 0.315 e. The van der Waals surface area contributed by atoms with Crippen molar-refractivity contribution in [3.63, 3.8) is 0 Å². The van der Waals surface area contributed by atoms with Gasteiger partial charge in [-0.25, -0.2) is 9.18 Å². The highest BCUT2D eigenvalue weighted by Gasteiger charge is 2.23. The van der Waals surface area contributed by atoms with E-state index in [0.717, 1.165) is 48.2 Å². The first kappa shape index (κ1) is 17.5. The summed E-state index contributed by atoms with van der Waals surface area (Å²) in [5.41, 5.74) is 0.895. The molecule has 3 rings (SSSR count). The van der Waals surface area contributed by atoms with Gasteiger partial charge in [-0.2, -0.15) is 0 Å². The minimum Gasteiger partial charge on any atom is -0.337 e. The predicted octanol–water partition coefficient (Wildman–Crippen LogP) is 3.39. The molecule has 2 aliphatic heterocycles. The number of nitrogens with one attached hydrogen (secondary N) is 2. The lowest BCUT2D eigenvalue weighted by atomic mass is 10.0. The molecule has 2 N–H and O–H groups in total. The molecule has 0 bridgehead atoms. The zero-order valence-corrected chi connectivity index (χ0v) is 15.0. The van der Waals surface area contributed by atoms with Gasteiger partial charge in [0, 0.05) is 30.3 Å². The lowest BCUT2D eigenvalue weighted by Crippen LogP contribution is -2.44. The second kappa shape index (κ2) is 8.21. The van der Waals surface area contributed by atoms with Crippen LogP contribution in [0.1, 0.15) is 37.8 Å². The number of hydrogen-bond donors (Lipinski definition) is 2. The number of nitrogens with zero attached hydrogens (tertiary/aromatic N) is 1. The fourth-order valence-corrected chi connectivity index (χ4v) is 4.65. The van der Waals surface area contributed by atoms with Gasteiger partial charge in [-0.3, -0.25) is 0 Å². The summed E-state index contributed by atoms with van der Waals surface area (Å²) in [6.45, 7) is 6.07. The molecule has 0 saturated carbocycles. The first-order valence-electron chi connectivity index (χ1n) is 8.81. The molecular formula is C18H26FN3OS. The molecule has 1 aromatic rings. The minimum absolute atomic E-state index is 0.105. The maximum atomic E-state index is 13.5. The third-order valence-corrected chi connectivity index (χ3v) is 5.89. The van der Waals surface area contributed by atoms with Crippen LogP contribution in [-0.4, -0.2) is 42.9 Å². The maximum Gasteiger partial charge on any atom is 0.315 e. The number of piperidine rings is 1. The Morgan fingerprint density at radius 3 is 3.12 bits per heavy atom. The summed E-state index contributed by atoms with van der Waals surface area (Å²) in [5.74, 6) is 1.44. The zero-order valence-electron chi connectivity index (χ0n) is 14.2. The standard InChI is InChI=1S/C18H26FN3OS/c1-13-3-2-8-22(12-13)9-7-20-18(23)21-16-6-10-24-17-5-4-14(19)11-15(16)17/h4-5,11,13,16H,2-3,6-10,12H2,1H3,(H2,20,21,23)/t13-,16-/m0/s1. The van der Waals surface area contributed by atoms with Gasteiger partial charge >= 0.3 is 6.03 Å².